The molecule has 0 atom stereocenters. The Labute approximate surface area is 83.8 Å². The van der Waals surface area contributed by atoms with E-state index in [0.717, 1.165) is 0 Å². The van der Waals surface area contributed by atoms with E-state index in [1.54, 1.807) is 17.5 Å². The molecular formula is C10H7F2NS. The number of hydrogen-bond donors (Lipinski definition) is 1. The van der Waals surface area contributed by atoms with Crippen LogP contribution in [0.15, 0.2) is 29.6 Å². The van der Waals surface area contributed by atoms with E-state index in [4.69, 9.17) is 5.73 Å². The van der Waals surface area contributed by atoms with Gasteiger partial charge in [0.05, 0.1) is 11.3 Å². The molecule has 0 bridgehead atoms. The average molecular weight is 211 g/mol. The van der Waals surface area contributed by atoms with Crippen molar-refractivity contribution in [2.45, 2.75) is 0 Å². The highest BCUT2D eigenvalue weighted by atomic mass is 32.1. The molecule has 0 saturated heterocycles. The van der Waals surface area contributed by atoms with Crippen molar-refractivity contribution in [3.63, 3.8) is 0 Å². The van der Waals surface area contributed by atoms with Gasteiger partial charge in [0.2, 0.25) is 0 Å². The van der Waals surface area contributed by atoms with Crippen LogP contribution in [0.2, 0.25) is 0 Å². The van der Waals surface area contributed by atoms with E-state index in [2.05, 4.69) is 0 Å². The molecule has 2 rings (SSSR count). The van der Waals surface area contributed by atoms with Crippen molar-refractivity contribution in [3.8, 4) is 10.4 Å². The molecule has 0 saturated carbocycles. The van der Waals surface area contributed by atoms with Gasteiger partial charge in [0.1, 0.15) is 5.82 Å². The summed E-state index contributed by atoms with van der Waals surface area (Å²) in [5.41, 5.74) is 5.28. The lowest BCUT2D eigenvalue weighted by molar-refractivity contribution is 0.593. The monoisotopic (exact) mass is 211 g/mol. The lowest BCUT2D eigenvalue weighted by atomic mass is 10.1. The van der Waals surface area contributed by atoms with Gasteiger partial charge in [-0.3, -0.25) is 0 Å². The second kappa shape index (κ2) is 3.38. The van der Waals surface area contributed by atoms with Crippen LogP contribution in [-0.4, -0.2) is 0 Å². The Morgan fingerprint density at radius 1 is 1.14 bits per heavy atom. The molecule has 0 spiro atoms. The van der Waals surface area contributed by atoms with Crippen LogP contribution in [0.25, 0.3) is 10.4 Å². The van der Waals surface area contributed by atoms with Crippen molar-refractivity contribution in [2.24, 2.45) is 0 Å². The molecular weight excluding hydrogens is 204 g/mol. The summed E-state index contributed by atoms with van der Waals surface area (Å²) in [7, 11) is 0. The van der Waals surface area contributed by atoms with E-state index in [9.17, 15) is 8.78 Å². The molecule has 0 amide bonds. The molecule has 1 aromatic carbocycles. The summed E-state index contributed by atoms with van der Waals surface area (Å²) in [4.78, 5) is 0.548. The first-order chi connectivity index (χ1) is 6.70. The van der Waals surface area contributed by atoms with Crippen LogP contribution in [0, 0.1) is 11.6 Å². The summed E-state index contributed by atoms with van der Waals surface area (Å²) in [5.74, 6) is -1.27. The van der Waals surface area contributed by atoms with Crippen LogP contribution in [-0.2, 0) is 0 Å². The van der Waals surface area contributed by atoms with Crippen molar-refractivity contribution in [1.82, 2.24) is 0 Å². The fourth-order valence-corrected chi connectivity index (χ4v) is 1.98. The Kier molecular flexibility index (Phi) is 2.21. The Hall–Kier alpha value is -1.42. The minimum Gasteiger partial charge on any atom is -0.396 e. The van der Waals surface area contributed by atoms with E-state index in [1.807, 2.05) is 0 Å². The van der Waals surface area contributed by atoms with E-state index >= 15 is 0 Å². The van der Waals surface area contributed by atoms with E-state index in [-0.39, 0.29) is 11.3 Å². The number of rotatable bonds is 1. The summed E-state index contributed by atoms with van der Waals surface area (Å²) in [5, 5.41) is 1.76. The topological polar surface area (TPSA) is 26.0 Å². The largest absolute Gasteiger partial charge is 0.396 e. The highest BCUT2D eigenvalue weighted by Crippen LogP contribution is 2.32. The predicted molar refractivity (Wildman–Crippen MR) is 54.1 cm³/mol. The van der Waals surface area contributed by atoms with E-state index < -0.39 is 11.6 Å². The third-order valence-corrected chi connectivity index (χ3v) is 2.78. The molecule has 1 aromatic heterocycles. The molecule has 0 unspecified atom stereocenters. The molecule has 14 heavy (non-hydrogen) atoms. The van der Waals surface area contributed by atoms with Gasteiger partial charge in [-0.1, -0.05) is 6.07 Å². The van der Waals surface area contributed by atoms with Gasteiger partial charge < -0.3 is 5.73 Å². The van der Waals surface area contributed by atoms with Gasteiger partial charge in [-0.25, -0.2) is 8.78 Å². The first kappa shape index (κ1) is 9.15. The summed E-state index contributed by atoms with van der Waals surface area (Å²) in [6.45, 7) is 0. The maximum atomic E-state index is 13.5. The SMILES string of the molecule is Nc1ccc(F)c(-c2cccs2)c1F. The standard InChI is InChI=1S/C10H7F2NS/c11-6-3-4-7(13)10(12)9(6)8-2-1-5-14-8/h1-5H,13H2. The van der Waals surface area contributed by atoms with Crippen LogP contribution >= 0.6 is 11.3 Å². The van der Waals surface area contributed by atoms with Crippen LogP contribution in [0.5, 0.6) is 0 Å². The van der Waals surface area contributed by atoms with Crippen LogP contribution < -0.4 is 5.73 Å². The Morgan fingerprint density at radius 3 is 2.57 bits per heavy atom. The van der Waals surface area contributed by atoms with Gasteiger partial charge in [-0.05, 0) is 23.6 Å². The van der Waals surface area contributed by atoms with Gasteiger partial charge in [0.25, 0.3) is 0 Å². The van der Waals surface area contributed by atoms with Gasteiger partial charge in [0, 0.05) is 4.88 Å². The molecule has 0 aliphatic rings. The fraction of sp³-hybridized carbons (Fsp3) is 0. The molecule has 2 N–H and O–H groups in total. The molecule has 1 nitrogen and oxygen atoms in total. The maximum absolute atomic E-state index is 13.5. The third-order valence-electron chi connectivity index (χ3n) is 1.89. The van der Waals surface area contributed by atoms with Gasteiger partial charge in [-0.2, -0.15) is 0 Å². The molecule has 2 aromatic rings. The molecule has 0 radical (unpaired) electrons. The zero-order valence-corrected chi connectivity index (χ0v) is 7.94. The Bertz CT molecular complexity index is 451. The average Bonchev–Trinajstić information content (AvgIpc) is 2.65. The van der Waals surface area contributed by atoms with Crippen molar-refractivity contribution in [3.05, 3.63) is 41.3 Å². The quantitative estimate of drug-likeness (QED) is 0.720. The fourth-order valence-electron chi connectivity index (χ4n) is 1.22. The minimum atomic E-state index is -0.688. The number of nitrogen functional groups attached to an aromatic ring is 1. The highest BCUT2D eigenvalue weighted by molar-refractivity contribution is 7.13. The smallest absolute Gasteiger partial charge is 0.157 e. The summed E-state index contributed by atoms with van der Waals surface area (Å²) in [6, 6.07) is 5.79. The van der Waals surface area contributed by atoms with Crippen LogP contribution in [0.3, 0.4) is 0 Å². The lowest BCUT2D eigenvalue weighted by Gasteiger charge is -2.04. The summed E-state index contributed by atoms with van der Waals surface area (Å²) >= 11 is 1.28. The zero-order chi connectivity index (χ0) is 10.1. The number of nitrogens with two attached hydrogens (primary N) is 1. The number of thiophene rings is 1. The van der Waals surface area contributed by atoms with Crippen molar-refractivity contribution in [1.29, 1.82) is 0 Å². The first-order valence-electron chi connectivity index (χ1n) is 3.97. The number of anilines is 1. The minimum absolute atomic E-state index is 0.0326. The maximum Gasteiger partial charge on any atom is 0.157 e. The third kappa shape index (κ3) is 1.37. The molecule has 72 valence electrons. The molecule has 4 heteroatoms. The van der Waals surface area contributed by atoms with Crippen LogP contribution in [0.1, 0.15) is 0 Å². The van der Waals surface area contributed by atoms with Crippen molar-refractivity contribution >= 4 is 17.0 Å². The van der Waals surface area contributed by atoms with E-state index in [0.29, 0.717) is 4.88 Å². The van der Waals surface area contributed by atoms with Crippen molar-refractivity contribution in [2.75, 3.05) is 5.73 Å². The van der Waals surface area contributed by atoms with Gasteiger partial charge in [-0.15, -0.1) is 11.3 Å². The van der Waals surface area contributed by atoms with Gasteiger partial charge >= 0.3 is 0 Å². The number of halogens is 2. The second-order valence-corrected chi connectivity index (χ2v) is 3.75. The molecule has 0 aliphatic carbocycles. The van der Waals surface area contributed by atoms with E-state index in [1.165, 1.54) is 23.5 Å². The Morgan fingerprint density at radius 2 is 1.93 bits per heavy atom. The Balaban J connectivity index is 2.69. The van der Waals surface area contributed by atoms with Gasteiger partial charge in [0.15, 0.2) is 5.82 Å². The van der Waals surface area contributed by atoms with Crippen molar-refractivity contribution < 1.29 is 8.78 Å². The van der Waals surface area contributed by atoms with Crippen LogP contribution in [0.4, 0.5) is 14.5 Å². The summed E-state index contributed by atoms with van der Waals surface area (Å²) in [6.07, 6.45) is 0. The lowest BCUT2D eigenvalue weighted by Crippen LogP contribution is -1.95. The molecule has 1 heterocycles. The predicted octanol–water partition coefficient (Wildman–Crippen LogP) is 3.28. The highest BCUT2D eigenvalue weighted by Gasteiger charge is 2.14. The number of hydrogen-bond acceptors (Lipinski definition) is 2. The summed E-state index contributed by atoms with van der Waals surface area (Å²) < 4.78 is 26.8. The second-order valence-electron chi connectivity index (χ2n) is 2.80. The zero-order valence-electron chi connectivity index (χ0n) is 7.13. The first-order valence-corrected chi connectivity index (χ1v) is 4.85. The molecule has 0 aliphatic heterocycles. The molecule has 0 fully saturated rings. The number of benzene rings is 1. The normalized spacial score (nSPS) is 10.4.